The molecule has 0 aliphatic heterocycles. The van der Waals surface area contributed by atoms with Gasteiger partial charge in [-0.3, -0.25) is 4.68 Å². The lowest BCUT2D eigenvalue weighted by molar-refractivity contribution is 0.415. The first-order valence-electron chi connectivity index (χ1n) is 5.66. The van der Waals surface area contributed by atoms with Crippen LogP contribution >= 0.6 is 11.6 Å². The summed E-state index contributed by atoms with van der Waals surface area (Å²) in [6.45, 7) is 0.755. The van der Waals surface area contributed by atoms with E-state index in [4.69, 9.17) is 16.3 Å². The third-order valence-electron chi connectivity index (χ3n) is 2.70. The highest BCUT2D eigenvalue weighted by Crippen LogP contribution is 2.32. The van der Waals surface area contributed by atoms with Crippen LogP contribution in [-0.4, -0.2) is 23.9 Å². The van der Waals surface area contributed by atoms with Gasteiger partial charge in [0.15, 0.2) is 0 Å². The van der Waals surface area contributed by atoms with Gasteiger partial charge in [-0.2, -0.15) is 5.10 Å². The molecule has 1 N–H and O–H groups in total. The predicted molar refractivity (Wildman–Crippen MR) is 73.0 cm³/mol. The van der Waals surface area contributed by atoms with Gasteiger partial charge in [0, 0.05) is 30.9 Å². The predicted octanol–water partition coefficient (Wildman–Crippen LogP) is 2.47. The van der Waals surface area contributed by atoms with Gasteiger partial charge in [0.1, 0.15) is 5.75 Å². The van der Waals surface area contributed by atoms with Crippen molar-refractivity contribution in [2.45, 2.75) is 6.54 Å². The van der Waals surface area contributed by atoms with E-state index in [2.05, 4.69) is 10.4 Å². The molecule has 1 heterocycles. The minimum atomic E-state index is 0.644. The number of hydrogen-bond acceptors (Lipinski definition) is 3. The highest BCUT2D eigenvalue weighted by molar-refractivity contribution is 6.33. The summed E-state index contributed by atoms with van der Waals surface area (Å²) in [6, 6.07) is 5.62. The summed E-state index contributed by atoms with van der Waals surface area (Å²) in [6.07, 6.45) is 1.99. The molecule has 0 aliphatic carbocycles. The zero-order valence-corrected chi connectivity index (χ0v) is 11.5. The quantitative estimate of drug-likeness (QED) is 0.923. The number of methoxy groups -OCH3 is 1. The standard InChI is InChI=1S/C13H16ClN3O/c1-15-7-9-8-17(2)16-13(9)11-5-4-10(18-3)6-12(11)14/h4-6,8,15H,7H2,1-3H3. The summed E-state index contributed by atoms with van der Waals surface area (Å²) in [7, 11) is 5.44. The van der Waals surface area contributed by atoms with Gasteiger partial charge in [0.2, 0.25) is 0 Å². The molecule has 0 saturated heterocycles. The number of hydrogen-bond donors (Lipinski definition) is 1. The Morgan fingerprint density at radius 3 is 2.83 bits per heavy atom. The zero-order valence-electron chi connectivity index (χ0n) is 10.7. The van der Waals surface area contributed by atoms with E-state index in [0.717, 1.165) is 29.1 Å². The van der Waals surface area contributed by atoms with Crippen molar-refractivity contribution in [3.8, 4) is 17.0 Å². The van der Waals surface area contributed by atoms with Crippen LogP contribution in [-0.2, 0) is 13.6 Å². The Morgan fingerprint density at radius 2 is 2.22 bits per heavy atom. The van der Waals surface area contributed by atoms with Gasteiger partial charge in [-0.15, -0.1) is 0 Å². The molecule has 18 heavy (non-hydrogen) atoms. The third kappa shape index (κ3) is 2.49. The second-order valence-corrected chi connectivity index (χ2v) is 4.46. The molecule has 0 unspecified atom stereocenters. The van der Waals surface area contributed by atoms with Gasteiger partial charge >= 0.3 is 0 Å². The minimum Gasteiger partial charge on any atom is -0.497 e. The average molecular weight is 266 g/mol. The van der Waals surface area contributed by atoms with Gasteiger partial charge < -0.3 is 10.1 Å². The summed E-state index contributed by atoms with van der Waals surface area (Å²) >= 11 is 6.27. The van der Waals surface area contributed by atoms with E-state index in [-0.39, 0.29) is 0 Å². The average Bonchev–Trinajstić information content (AvgIpc) is 2.70. The molecule has 0 saturated carbocycles. The molecular formula is C13H16ClN3O. The summed E-state index contributed by atoms with van der Waals surface area (Å²) in [5.74, 6) is 0.745. The van der Waals surface area contributed by atoms with Crippen molar-refractivity contribution in [3.63, 3.8) is 0 Å². The number of aryl methyl sites for hydroxylation is 1. The van der Waals surface area contributed by atoms with Crippen molar-refractivity contribution in [1.82, 2.24) is 15.1 Å². The molecule has 2 rings (SSSR count). The second-order valence-electron chi connectivity index (χ2n) is 4.05. The molecule has 0 aliphatic rings. The van der Waals surface area contributed by atoms with Crippen LogP contribution in [0.15, 0.2) is 24.4 Å². The van der Waals surface area contributed by atoms with Crippen molar-refractivity contribution in [1.29, 1.82) is 0 Å². The lowest BCUT2D eigenvalue weighted by atomic mass is 10.1. The lowest BCUT2D eigenvalue weighted by Crippen LogP contribution is -2.05. The van der Waals surface area contributed by atoms with Crippen LogP contribution in [0.1, 0.15) is 5.56 Å². The van der Waals surface area contributed by atoms with Crippen molar-refractivity contribution in [3.05, 3.63) is 35.0 Å². The van der Waals surface area contributed by atoms with Crippen molar-refractivity contribution in [2.24, 2.45) is 7.05 Å². The van der Waals surface area contributed by atoms with Crippen LogP contribution in [0, 0.1) is 0 Å². The number of aromatic nitrogens is 2. The summed E-state index contributed by atoms with van der Waals surface area (Å²) in [5, 5.41) is 8.24. The van der Waals surface area contributed by atoms with E-state index < -0.39 is 0 Å². The highest BCUT2D eigenvalue weighted by Gasteiger charge is 2.13. The smallest absolute Gasteiger partial charge is 0.120 e. The molecule has 0 spiro atoms. The number of benzene rings is 1. The topological polar surface area (TPSA) is 39.1 Å². The molecule has 0 radical (unpaired) electrons. The molecule has 96 valence electrons. The Balaban J connectivity index is 2.47. The van der Waals surface area contributed by atoms with E-state index in [9.17, 15) is 0 Å². The van der Waals surface area contributed by atoms with Gasteiger partial charge in [0.25, 0.3) is 0 Å². The normalized spacial score (nSPS) is 10.7. The van der Waals surface area contributed by atoms with E-state index in [1.165, 1.54) is 0 Å². The second kappa shape index (κ2) is 5.42. The van der Waals surface area contributed by atoms with E-state index in [1.54, 1.807) is 17.9 Å². The maximum Gasteiger partial charge on any atom is 0.120 e. The minimum absolute atomic E-state index is 0.644. The number of nitrogens with zero attached hydrogens (tertiary/aromatic N) is 2. The van der Waals surface area contributed by atoms with Gasteiger partial charge in [-0.05, 0) is 25.2 Å². The monoisotopic (exact) mass is 265 g/mol. The number of nitrogens with one attached hydrogen (secondary N) is 1. The summed E-state index contributed by atoms with van der Waals surface area (Å²) in [4.78, 5) is 0. The molecule has 1 aromatic heterocycles. The van der Waals surface area contributed by atoms with Crippen LogP contribution in [0.4, 0.5) is 0 Å². The van der Waals surface area contributed by atoms with Gasteiger partial charge in [-0.25, -0.2) is 0 Å². The summed E-state index contributed by atoms with van der Waals surface area (Å²) < 4.78 is 6.94. The van der Waals surface area contributed by atoms with E-state index >= 15 is 0 Å². The van der Waals surface area contributed by atoms with Gasteiger partial charge in [0.05, 0.1) is 17.8 Å². The Hall–Kier alpha value is -1.52. The number of rotatable bonds is 4. The largest absolute Gasteiger partial charge is 0.497 e. The lowest BCUT2D eigenvalue weighted by Gasteiger charge is -2.06. The number of halogens is 1. The zero-order chi connectivity index (χ0) is 13.1. The van der Waals surface area contributed by atoms with E-state index in [1.807, 2.05) is 32.4 Å². The van der Waals surface area contributed by atoms with Gasteiger partial charge in [-0.1, -0.05) is 11.6 Å². The maximum atomic E-state index is 6.27. The highest BCUT2D eigenvalue weighted by atomic mass is 35.5. The molecule has 0 bridgehead atoms. The third-order valence-corrected chi connectivity index (χ3v) is 3.02. The first kappa shape index (κ1) is 12.9. The molecule has 1 aromatic carbocycles. The molecule has 5 heteroatoms. The first-order chi connectivity index (χ1) is 8.65. The Bertz CT molecular complexity index is 551. The van der Waals surface area contributed by atoms with Crippen molar-refractivity contribution >= 4 is 11.6 Å². The fourth-order valence-corrected chi connectivity index (χ4v) is 2.16. The van der Waals surface area contributed by atoms with Crippen LogP contribution in [0.3, 0.4) is 0 Å². The first-order valence-corrected chi connectivity index (χ1v) is 6.04. The van der Waals surface area contributed by atoms with E-state index in [0.29, 0.717) is 5.02 Å². The fourth-order valence-electron chi connectivity index (χ4n) is 1.90. The molecule has 0 fully saturated rings. The Kier molecular flexibility index (Phi) is 3.89. The SMILES string of the molecule is CNCc1cn(C)nc1-c1ccc(OC)cc1Cl. The molecule has 4 nitrogen and oxygen atoms in total. The Morgan fingerprint density at radius 1 is 1.44 bits per heavy atom. The number of ether oxygens (including phenoxy) is 1. The molecule has 0 atom stereocenters. The van der Waals surface area contributed by atoms with Crippen molar-refractivity contribution < 1.29 is 4.74 Å². The molecule has 0 amide bonds. The van der Waals surface area contributed by atoms with Crippen LogP contribution in [0.2, 0.25) is 5.02 Å². The van der Waals surface area contributed by atoms with Crippen LogP contribution < -0.4 is 10.1 Å². The van der Waals surface area contributed by atoms with Crippen LogP contribution in [0.5, 0.6) is 5.75 Å². The summed E-state index contributed by atoms with van der Waals surface area (Å²) in [5.41, 5.74) is 2.94. The Labute approximate surface area is 112 Å². The van der Waals surface area contributed by atoms with Crippen LogP contribution in [0.25, 0.3) is 11.3 Å². The maximum absolute atomic E-state index is 6.27. The fraction of sp³-hybridized carbons (Fsp3) is 0.308. The van der Waals surface area contributed by atoms with Crippen molar-refractivity contribution in [2.75, 3.05) is 14.2 Å². The molecular weight excluding hydrogens is 250 g/mol. The molecule has 2 aromatic rings.